The average molecular weight is 474 g/mol. The monoisotopic (exact) mass is 473 g/mol. The smallest absolute Gasteiger partial charge is 0.257 e. The van der Waals surface area contributed by atoms with E-state index >= 15 is 0 Å². The molecule has 0 radical (unpaired) electrons. The van der Waals surface area contributed by atoms with E-state index in [1.54, 1.807) is 13.1 Å². The Kier molecular flexibility index (Phi) is 7.03. The number of rotatable bonds is 7. The van der Waals surface area contributed by atoms with E-state index in [0.717, 1.165) is 39.0 Å². The molecule has 0 saturated carbocycles. The number of likely N-dealkylation sites (N-methyl/N-ethyl adjacent to an activating group) is 1. The van der Waals surface area contributed by atoms with Gasteiger partial charge in [-0.3, -0.25) is 9.59 Å². The van der Waals surface area contributed by atoms with Crippen molar-refractivity contribution in [1.82, 2.24) is 9.88 Å². The van der Waals surface area contributed by atoms with Crippen LogP contribution in [0, 0.1) is 20.8 Å². The number of carbonyl (C=O) groups excluding carboxylic acids is 2. The molecule has 1 aromatic heterocycles. The first-order valence-electron chi connectivity index (χ1n) is 11.0. The number of para-hydroxylation sites is 2. The number of amides is 2. The van der Waals surface area contributed by atoms with Gasteiger partial charge in [-0.1, -0.05) is 59.8 Å². The molecular formula is C27H27N3O3S. The van der Waals surface area contributed by atoms with Crippen LogP contribution in [0.3, 0.4) is 0 Å². The van der Waals surface area contributed by atoms with E-state index in [1.165, 1.54) is 16.7 Å². The summed E-state index contributed by atoms with van der Waals surface area (Å²) < 4.78 is 5.78. The maximum absolute atomic E-state index is 13.2. The minimum Gasteiger partial charge on any atom is -0.431 e. The number of thioether (sulfide) groups is 1. The van der Waals surface area contributed by atoms with Crippen LogP contribution >= 0.6 is 11.8 Å². The Morgan fingerprint density at radius 1 is 1.00 bits per heavy atom. The van der Waals surface area contributed by atoms with Crippen LogP contribution < -0.4 is 5.32 Å². The van der Waals surface area contributed by atoms with Crippen LogP contribution in [0.5, 0.6) is 0 Å². The average Bonchev–Trinajstić information content (AvgIpc) is 3.23. The van der Waals surface area contributed by atoms with Gasteiger partial charge in [-0.05, 0) is 55.7 Å². The quantitative estimate of drug-likeness (QED) is 0.346. The zero-order chi connectivity index (χ0) is 24.2. The summed E-state index contributed by atoms with van der Waals surface area (Å²) in [5.74, 6) is 0.0850. The van der Waals surface area contributed by atoms with Crippen LogP contribution in [-0.2, 0) is 10.5 Å². The maximum Gasteiger partial charge on any atom is 0.257 e. The molecule has 1 N–H and O–H groups in total. The van der Waals surface area contributed by atoms with Crippen LogP contribution in [0.1, 0.15) is 32.6 Å². The molecule has 4 rings (SSSR count). The minimum atomic E-state index is -0.232. The predicted molar refractivity (Wildman–Crippen MR) is 136 cm³/mol. The van der Waals surface area contributed by atoms with Crippen LogP contribution in [0.15, 0.2) is 70.3 Å². The molecular weight excluding hydrogens is 446 g/mol. The summed E-state index contributed by atoms with van der Waals surface area (Å²) in [5, 5.41) is 3.51. The van der Waals surface area contributed by atoms with Crippen molar-refractivity contribution in [3.8, 4) is 0 Å². The fourth-order valence-corrected chi connectivity index (χ4v) is 4.80. The van der Waals surface area contributed by atoms with Gasteiger partial charge in [0.25, 0.3) is 11.1 Å². The third-order valence-electron chi connectivity index (χ3n) is 5.54. The van der Waals surface area contributed by atoms with Gasteiger partial charge in [0.2, 0.25) is 5.91 Å². The molecule has 2 amide bonds. The second-order valence-corrected chi connectivity index (χ2v) is 9.30. The Morgan fingerprint density at radius 3 is 2.41 bits per heavy atom. The lowest BCUT2D eigenvalue weighted by molar-refractivity contribution is -0.116. The molecule has 0 fully saturated rings. The van der Waals surface area contributed by atoms with Gasteiger partial charge >= 0.3 is 0 Å². The van der Waals surface area contributed by atoms with Crippen LogP contribution in [0.4, 0.5) is 5.69 Å². The predicted octanol–water partition coefficient (Wildman–Crippen LogP) is 5.76. The van der Waals surface area contributed by atoms with Crippen molar-refractivity contribution >= 4 is 40.4 Å². The van der Waals surface area contributed by atoms with Crippen molar-refractivity contribution < 1.29 is 14.0 Å². The van der Waals surface area contributed by atoms with Gasteiger partial charge in [0.05, 0.1) is 6.54 Å². The first kappa shape index (κ1) is 23.6. The lowest BCUT2D eigenvalue weighted by atomic mass is 10.1. The molecule has 0 aliphatic carbocycles. The van der Waals surface area contributed by atoms with Gasteiger partial charge in [0.15, 0.2) is 5.58 Å². The third kappa shape index (κ3) is 5.31. The number of nitrogens with zero attached hydrogens (tertiary/aromatic N) is 2. The first-order chi connectivity index (χ1) is 16.3. The molecule has 0 aliphatic heterocycles. The van der Waals surface area contributed by atoms with Crippen LogP contribution in [0.25, 0.3) is 11.1 Å². The number of fused-ring (bicyclic) bond motifs is 1. The Hall–Kier alpha value is -3.58. The molecule has 34 heavy (non-hydrogen) atoms. The fourth-order valence-electron chi connectivity index (χ4n) is 3.96. The van der Waals surface area contributed by atoms with E-state index in [4.69, 9.17) is 4.42 Å². The van der Waals surface area contributed by atoms with Crippen molar-refractivity contribution in [3.63, 3.8) is 0 Å². The highest BCUT2D eigenvalue weighted by atomic mass is 32.2. The number of hydrogen-bond donors (Lipinski definition) is 1. The first-order valence-corrected chi connectivity index (χ1v) is 12.0. The molecule has 7 heteroatoms. The molecule has 1 heterocycles. The van der Waals surface area contributed by atoms with Crippen molar-refractivity contribution in [3.05, 3.63) is 88.5 Å². The largest absolute Gasteiger partial charge is 0.431 e. The van der Waals surface area contributed by atoms with E-state index < -0.39 is 0 Å². The van der Waals surface area contributed by atoms with Gasteiger partial charge in [0.1, 0.15) is 5.52 Å². The van der Waals surface area contributed by atoms with E-state index in [9.17, 15) is 9.59 Å². The second-order valence-electron chi connectivity index (χ2n) is 8.38. The minimum absolute atomic E-state index is 0.0435. The SMILES string of the molecule is Cc1cc(C)c(NC(=O)CN(C)C(=O)c2ccccc2CSc2nc3ccccc3o2)c(C)c1. The number of oxazole rings is 1. The molecule has 0 bridgehead atoms. The van der Waals surface area contributed by atoms with Gasteiger partial charge in [0, 0.05) is 24.1 Å². The number of hydrogen-bond acceptors (Lipinski definition) is 5. The highest BCUT2D eigenvalue weighted by Crippen LogP contribution is 2.28. The molecule has 6 nitrogen and oxygen atoms in total. The molecule has 0 aliphatic rings. The normalized spacial score (nSPS) is 10.9. The molecule has 0 unspecified atom stereocenters. The number of nitrogens with one attached hydrogen (secondary N) is 1. The summed E-state index contributed by atoms with van der Waals surface area (Å²) in [6, 6.07) is 19.1. The number of aromatic nitrogens is 1. The lowest BCUT2D eigenvalue weighted by Crippen LogP contribution is -2.35. The number of benzene rings is 3. The molecule has 3 aromatic carbocycles. The van der Waals surface area contributed by atoms with Gasteiger partial charge in [-0.15, -0.1) is 0 Å². The van der Waals surface area contributed by atoms with Crippen molar-refractivity contribution in [2.75, 3.05) is 18.9 Å². The van der Waals surface area contributed by atoms with Crippen molar-refractivity contribution in [2.24, 2.45) is 0 Å². The molecule has 0 spiro atoms. The summed E-state index contributed by atoms with van der Waals surface area (Å²) in [7, 11) is 1.64. The van der Waals surface area contributed by atoms with E-state index in [-0.39, 0.29) is 18.4 Å². The highest BCUT2D eigenvalue weighted by Gasteiger charge is 2.19. The van der Waals surface area contributed by atoms with Crippen molar-refractivity contribution in [2.45, 2.75) is 31.7 Å². The summed E-state index contributed by atoms with van der Waals surface area (Å²) in [6.07, 6.45) is 0. The van der Waals surface area contributed by atoms with Gasteiger partial charge in [-0.2, -0.15) is 0 Å². The molecule has 0 saturated heterocycles. The lowest BCUT2D eigenvalue weighted by Gasteiger charge is -2.20. The third-order valence-corrected chi connectivity index (χ3v) is 6.42. The Balaban J connectivity index is 1.42. The Labute approximate surface area is 203 Å². The number of aryl methyl sites for hydroxylation is 3. The Morgan fingerprint density at radius 2 is 1.68 bits per heavy atom. The van der Waals surface area contributed by atoms with E-state index in [1.807, 2.05) is 75.4 Å². The van der Waals surface area contributed by atoms with Crippen LogP contribution in [0.2, 0.25) is 0 Å². The standard InChI is InChI=1S/C27H27N3O3S/c1-17-13-18(2)25(19(3)14-17)29-24(31)15-30(4)26(32)21-10-6-5-9-20(21)16-34-27-28-22-11-7-8-12-23(22)33-27/h5-14H,15-16H2,1-4H3,(H,29,31). The van der Waals surface area contributed by atoms with E-state index in [0.29, 0.717) is 16.5 Å². The summed E-state index contributed by atoms with van der Waals surface area (Å²) in [6.45, 7) is 5.92. The van der Waals surface area contributed by atoms with E-state index in [2.05, 4.69) is 10.3 Å². The summed E-state index contributed by atoms with van der Waals surface area (Å²) in [5.41, 5.74) is 6.90. The fraction of sp³-hybridized carbons (Fsp3) is 0.222. The maximum atomic E-state index is 13.2. The summed E-state index contributed by atoms with van der Waals surface area (Å²) in [4.78, 5) is 31.8. The second kappa shape index (κ2) is 10.1. The van der Waals surface area contributed by atoms with Gasteiger partial charge < -0.3 is 14.6 Å². The zero-order valence-electron chi connectivity index (χ0n) is 19.7. The number of anilines is 1. The molecule has 0 atom stereocenters. The van der Waals surface area contributed by atoms with Crippen molar-refractivity contribution in [1.29, 1.82) is 0 Å². The zero-order valence-corrected chi connectivity index (χ0v) is 20.5. The molecule has 4 aromatic rings. The Bertz CT molecular complexity index is 1310. The van der Waals surface area contributed by atoms with Gasteiger partial charge in [-0.25, -0.2) is 4.98 Å². The highest BCUT2D eigenvalue weighted by molar-refractivity contribution is 7.98. The molecule has 174 valence electrons. The topological polar surface area (TPSA) is 75.4 Å². The van der Waals surface area contributed by atoms with Crippen LogP contribution in [-0.4, -0.2) is 35.3 Å². The number of carbonyl (C=O) groups is 2. The summed E-state index contributed by atoms with van der Waals surface area (Å²) >= 11 is 1.43.